The third-order valence-corrected chi connectivity index (χ3v) is 8.10. The average molecular weight is 669 g/mol. The Morgan fingerprint density at radius 2 is 1.55 bits per heavy atom. The molecule has 0 aliphatic carbocycles. The van der Waals surface area contributed by atoms with Crippen LogP contribution in [0.4, 0.5) is 24.8 Å². The van der Waals surface area contributed by atoms with E-state index in [1.165, 1.54) is 36.5 Å². The number of nitrogens with zero attached hydrogens (tertiary/aromatic N) is 2. The van der Waals surface area contributed by atoms with Crippen molar-refractivity contribution in [2.45, 2.75) is 31.8 Å². The third kappa shape index (κ3) is 8.61. The third-order valence-electron chi connectivity index (χ3n) is 5.85. The van der Waals surface area contributed by atoms with E-state index >= 15 is 0 Å². The Balaban J connectivity index is 1.78. The number of alkyl halides is 3. The van der Waals surface area contributed by atoms with E-state index in [-0.39, 0.29) is 33.2 Å². The summed E-state index contributed by atoms with van der Waals surface area (Å²) < 4.78 is 99.7. The van der Waals surface area contributed by atoms with Crippen molar-refractivity contribution in [1.29, 1.82) is 0 Å². The minimum atomic E-state index is -4.57. The lowest BCUT2D eigenvalue weighted by atomic mass is 9.98. The van der Waals surface area contributed by atoms with Crippen LogP contribution < -0.4 is 14.2 Å². The van der Waals surface area contributed by atoms with Crippen LogP contribution >= 0.6 is 11.6 Å². The van der Waals surface area contributed by atoms with Gasteiger partial charge in [0.2, 0.25) is 16.0 Å². The summed E-state index contributed by atoms with van der Waals surface area (Å²) >= 11 is 6.35. The molecule has 4 aromatic rings. The second-order valence-corrected chi connectivity index (χ2v) is 14.9. The Labute approximate surface area is 258 Å². The van der Waals surface area contributed by atoms with E-state index in [2.05, 4.69) is 19.4 Å². The van der Waals surface area contributed by atoms with Crippen LogP contribution in [-0.4, -0.2) is 39.7 Å². The second kappa shape index (κ2) is 12.3. The minimum Gasteiger partial charge on any atom is -0.491 e. The molecule has 0 aliphatic heterocycles. The number of anilines is 2. The second-order valence-electron chi connectivity index (χ2n) is 11.0. The first-order chi connectivity index (χ1) is 20.3. The van der Waals surface area contributed by atoms with Gasteiger partial charge in [-0.15, -0.1) is 0 Å². The molecular formula is C29H28ClF3N4O5S2. The lowest BCUT2D eigenvalue weighted by Crippen LogP contribution is -2.17. The number of nitrogens with one attached hydrogen (secondary N) is 2. The molecule has 0 saturated carbocycles. The maximum Gasteiger partial charge on any atom is 0.416 e. The molecule has 0 fully saturated rings. The smallest absolute Gasteiger partial charge is 0.416 e. The van der Waals surface area contributed by atoms with E-state index in [9.17, 15) is 30.0 Å². The molecular weight excluding hydrogens is 641 g/mol. The highest BCUT2D eigenvalue weighted by molar-refractivity contribution is 7.93. The maximum atomic E-state index is 13.3. The first-order valence-electron chi connectivity index (χ1n) is 12.9. The quantitative estimate of drug-likeness (QED) is 0.195. The lowest BCUT2D eigenvalue weighted by Gasteiger charge is -2.20. The van der Waals surface area contributed by atoms with Gasteiger partial charge in [-0.1, -0.05) is 56.6 Å². The van der Waals surface area contributed by atoms with Gasteiger partial charge in [0.25, 0.3) is 10.0 Å². The number of sulfonamides is 2. The van der Waals surface area contributed by atoms with E-state index in [4.69, 9.17) is 16.3 Å². The predicted octanol–water partition coefficient (Wildman–Crippen LogP) is 7.08. The van der Waals surface area contributed by atoms with Crippen LogP contribution in [-0.2, 0) is 26.2 Å². The van der Waals surface area contributed by atoms with Crippen molar-refractivity contribution in [1.82, 2.24) is 9.97 Å². The van der Waals surface area contributed by atoms with Crippen molar-refractivity contribution in [3.05, 3.63) is 83.5 Å². The van der Waals surface area contributed by atoms with Gasteiger partial charge in [-0.25, -0.2) is 31.5 Å². The molecule has 0 atom stereocenters. The van der Waals surface area contributed by atoms with Crippen LogP contribution in [0, 0.1) is 5.41 Å². The van der Waals surface area contributed by atoms with Gasteiger partial charge in [0.05, 0.1) is 34.0 Å². The van der Waals surface area contributed by atoms with Crippen LogP contribution in [0.5, 0.6) is 5.75 Å². The summed E-state index contributed by atoms with van der Waals surface area (Å²) in [5, 5.41) is 0.340. The Bertz CT molecular complexity index is 1900. The SMILES string of the molecule is CC(C)(C)COc1cc(-c2cnc(NS(=O)(=O)c3cccc(NS(C)(=O)=O)c3)nc2-c2ccc(C(F)(F)F)cc2)ccc1Cl. The largest absolute Gasteiger partial charge is 0.491 e. The molecule has 0 unspecified atom stereocenters. The maximum absolute atomic E-state index is 13.3. The van der Waals surface area contributed by atoms with E-state index in [1.807, 2.05) is 20.8 Å². The summed E-state index contributed by atoms with van der Waals surface area (Å²) in [5.74, 6) is -0.00637. The highest BCUT2D eigenvalue weighted by atomic mass is 35.5. The molecule has 4 rings (SSSR count). The molecule has 1 aromatic heterocycles. The number of hydrogen-bond acceptors (Lipinski definition) is 7. The van der Waals surface area contributed by atoms with Crippen molar-refractivity contribution < 1.29 is 34.7 Å². The number of rotatable bonds is 9. The van der Waals surface area contributed by atoms with E-state index in [0.717, 1.165) is 24.5 Å². The summed E-state index contributed by atoms with van der Waals surface area (Å²) in [6.45, 7) is 6.30. The van der Waals surface area contributed by atoms with Gasteiger partial charge < -0.3 is 4.74 Å². The summed E-state index contributed by atoms with van der Waals surface area (Å²) in [5.41, 5.74) is 0.235. The fourth-order valence-corrected chi connectivity index (χ4v) is 5.60. The molecule has 234 valence electrons. The Kier molecular flexibility index (Phi) is 9.19. The first-order valence-corrected chi connectivity index (χ1v) is 16.6. The van der Waals surface area contributed by atoms with E-state index in [0.29, 0.717) is 28.5 Å². The molecule has 44 heavy (non-hydrogen) atoms. The van der Waals surface area contributed by atoms with Crippen LogP contribution in [0.15, 0.2) is 77.8 Å². The van der Waals surface area contributed by atoms with Gasteiger partial charge in [-0.2, -0.15) is 13.2 Å². The monoisotopic (exact) mass is 668 g/mol. The minimum absolute atomic E-state index is 0.0179. The molecule has 0 bridgehead atoms. The molecule has 9 nitrogen and oxygen atoms in total. The van der Waals surface area contributed by atoms with Gasteiger partial charge in [-0.05, 0) is 53.4 Å². The Morgan fingerprint density at radius 1 is 0.886 bits per heavy atom. The first kappa shape index (κ1) is 33.0. The van der Waals surface area contributed by atoms with Crippen molar-refractivity contribution in [2.24, 2.45) is 5.41 Å². The Hall–Kier alpha value is -3.88. The normalized spacial score (nSPS) is 12.5. The predicted molar refractivity (Wildman–Crippen MR) is 164 cm³/mol. The van der Waals surface area contributed by atoms with Gasteiger partial charge in [0.15, 0.2) is 0 Å². The van der Waals surface area contributed by atoms with Gasteiger partial charge in [0, 0.05) is 23.0 Å². The van der Waals surface area contributed by atoms with Gasteiger partial charge >= 0.3 is 6.18 Å². The van der Waals surface area contributed by atoms with E-state index < -0.39 is 31.8 Å². The van der Waals surface area contributed by atoms with Crippen LogP contribution in [0.2, 0.25) is 5.02 Å². The number of ether oxygens (including phenoxy) is 1. The molecule has 1 heterocycles. The van der Waals surface area contributed by atoms with Crippen molar-refractivity contribution in [2.75, 3.05) is 22.3 Å². The number of halogens is 4. The molecule has 0 radical (unpaired) electrons. The van der Waals surface area contributed by atoms with Gasteiger partial charge in [-0.3, -0.25) is 4.72 Å². The zero-order chi connectivity index (χ0) is 32.5. The van der Waals surface area contributed by atoms with Crippen LogP contribution in [0.25, 0.3) is 22.4 Å². The molecule has 2 N–H and O–H groups in total. The highest BCUT2D eigenvalue weighted by Gasteiger charge is 2.30. The molecule has 0 amide bonds. The molecule has 0 aliphatic rings. The van der Waals surface area contributed by atoms with Crippen LogP contribution in [0.3, 0.4) is 0 Å². The molecule has 0 saturated heterocycles. The topological polar surface area (TPSA) is 127 Å². The molecule has 15 heteroatoms. The Morgan fingerprint density at radius 3 is 2.16 bits per heavy atom. The summed E-state index contributed by atoms with van der Waals surface area (Å²) in [4.78, 5) is 8.25. The van der Waals surface area contributed by atoms with Gasteiger partial charge in [0.1, 0.15) is 5.75 Å². The fourth-order valence-electron chi connectivity index (χ4n) is 3.88. The summed E-state index contributed by atoms with van der Waals surface area (Å²) in [7, 11) is -8.00. The highest BCUT2D eigenvalue weighted by Crippen LogP contribution is 2.37. The summed E-state index contributed by atoms with van der Waals surface area (Å²) in [6.07, 6.45) is -2.31. The fraction of sp³-hybridized carbons (Fsp3) is 0.241. The lowest BCUT2D eigenvalue weighted by molar-refractivity contribution is -0.137. The average Bonchev–Trinajstić information content (AvgIpc) is 2.91. The molecule has 3 aromatic carbocycles. The number of benzene rings is 3. The number of aromatic nitrogens is 2. The van der Waals surface area contributed by atoms with Crippen molar-refractivity contribution in [3.63, 3.8) is 0 Å². The van der Waals surface area contributed by atoms with E-state index in [1.54, 1.807) is 18.2 Å². The zero-order valence-electron chi connectivity index (χ0n) is 23.9. The van der Waals surface area contributed by atoms with Crippen molar-refractivity contribution in [3.8, 4) is 28.1 Å². The van der Waals surface area contributed by atoms with Crippen molar-refractivity contribution >= 4 is 43.3 Å². The standard InChI is InChI=1S/C29H28ClF3N4O5S2/c1-28(2,3)17-42-25-14-19(10-13-24(25)30)23-16-34-27(35-26(23)18-8-11-20(12-9-18)29(31,32)33)37-44(40,41)22-7-5-6-21(15-22)36-43(4,38)39/h5-16,36H,17H2,1-4H3,(H,34,35,37). The molecule has 0 spiro atoms. The number of hydrogen-bond donors (Lipinski definition) is 2. The summed E-state index contributed by atoms with van der Waals surface area (Å²) in [6, 6.07) is 14.2. The van der Waals surface area contributed by atoms with Crippen LogP contribution in [0.1, 0.15) is 26.3 Å². The zero-order valence-corrected chi connectivity index (χ0v) is 26.3.